The Morgan fingerprint density at radius 2 is 1.38 bits per heavy atom. The predicted molar refractivity (Wildman–Crippen MR) is 116 cm³/mol. The highest BCUT2D eigenvalue weighted by atomic mass is 16.4. The van der Waals surface area contributed by atoms with Gasteiger partial charge in [-0.3, -0.25) is 24.0 Å². The van der Waals surface area contributed by atoms with Gasteiger partial charge in [-0.1, -0.05) is 13.8 Å². The Bertz CT molecular complexity index is 656. The van der Waals surface area contributed by atoms with Crippen LogP contribution in [0.15, 0.2) is 0 Å². The summed E-state index contributed by atoms with van der Waals surface area (Å²) in [6.45, 7) is 5.39. The molecule has 12 heteroatoms. The lowest BCUT2D eigenvalue weighted by Crippen LogP contribution is -2.57. The van der Waals surface area contributed by atoms with Crippen molar-refractivity contribution in [3.63, 3.8) is 0 Å². The Balaban J connectivity index is 5.31. The minimum atomic E-state index is -1.22. The number of unbranched alkanes of at least 4 members (excludes halogenated alkanes) is 1. The quantitative estimate of drug-likeness (QED) is 0.139. The zero-order chi connectivity index (χ0) is 24.8. The van der Waals surface area contributed by atoms with E-state index in [1.54, 1.807) is 0 Å². The zero-order valence-corrected chi connectivity index (χ0v) is 18.9. The molecule has 32 heavy (non-hydrogen) atoms. The molecule has 0 aliphatic heterocycles. The predicted octanol–water partition coefficient (Wildman–Crippen LogP) is -1.09. The summed E-state index contributed by atoms with van der Waals surface area (Å²) in [5, 5.41) is 25.2. The van der Waals surface area contributed by atoms with Crippen LogP contribution in [-0.2, 0) is 24.0 Å². The van der Waals surface area contributed by atoms with E-state index in [0.717, 1.165) is 0 Å². The summed E-state index contributed by atoms with van der Waals surface area (Å²) in [5.74, 6) is -4.24. The molecule has 0 rings (SSSR count). The van der Waals surface area contributed by atoms with Crippen molar-refractivity contribution in [2.75, 3.05) is 6.54 Å². The summed E-state index contributed by atoms with van der Waals surface area (Å²) in [5.41, 5.74) is 11.2. The molecule has 0 saturated carbocycles. The molecule has 4 atom stereocenters. The third-order valence-electron chi connectivity index (χ3n) is 4.66. The average molecular weight is 460 g/mol. The van der Waals surface area contributed by atoms with Crippen LogP contribution in [0.3, 0.4) is 0 Å². The molecule has 3 amide bonds. The Morgan fingerprint density at radius 1 is 0.812 bits per heavy atom. The van der Waals surface area contributed by atoms with E-state index < -0.39 is 53.8 Å². The second-order valence-corrected chi connectivity index (χ2v) is 8.14. The maximum absolute atomic E-state index is 12.9. The molecule has 0 heterocycles. The van der Waals surface area contributed by atoms with Gasteiger partial charge in [0.2, 0.25) is 17.7 Å². The van der Waals surface area contributed by atoms with Crippen LogP contribution >= 0.6 is 0 Å². The monoisotopic (exact) mass is 459 g/mol. The largest absolute Gasteiger partial charge is 0.481 e. The van der Waals surface area contributed by atoms with E-state index in [0.29, 0.717) is 19.4 Å². The fraction of sp³-hybridized carbons (Fsp3) is 0.750. The zero-order valence-electron chi connectivity index (χ0n) is 18.9. The summed E-state index contributed by atoms with van der Waals surface area (Å²) in [7, 11) is 0. The maximum atomic E-state index is 12.9. The summed E-state index contributed by atoms with van der Waals surface area (Å²) in [4.78, 5) is 59.5. The van der Waals surface area contributed by atoms with E-state index >= 15 is 0 Å². The van der Waals surface area contributed by atoms with Gasteiger partial charge in [-0.15, -0.1) is 0 Å². The van der Waals surface area contributed by atoms with Crippen molar-refractivity contribution < 1.29 is 34.2 Å². The lowest BCUT2D eigenvalue weighted by Gasteiger charge is -2.25. The molecule has 0 aliphatic rings. The van der Waals surface area contributed by atoms with Gasteiger partial charge in [-0.05, 0) is 51.5 Å². The first kappa shape index (κ1) is 29.3. The fourth-order valence-electron chi connectivity index (χ4n) is 2.80. The number of carbonyl (C=O) groups excluding carboxylic acids is 3. The molecular weight excluding hydrogens is 422 g/mol. The van der Waals surface area contributed by atoms with Gasteiger partial charge in [-0.2, -0.15) is 0 Å². The first-order valence-electron chi connectivity index (χ1n) is 10.7. The highest BCUT2D eigenvalue weighted by Gasteiger charge is 2.29. The Hall–Kier alpha value is -2.73. The van der Waals surface area contributed by atoms with Crippen LogP contribution in [-0.4, -0.2) is 70.6 Å². The number of carboxylic acids is 2. The molecule has 0 fully saturated rings. The summed E-state index contributed by atoms with van der Waals surface area (Å²) in [6, 6.07) is -4.26. The van der Waals surface area contributed by atoms with Crippen molar-refractivity contribution in [2.24, 2.45) is 17.4 Å². The van der Waals surface area contributed by atoms with Gasteiger partial charge in [0.1, 0.15) is 18.1 Å². The van der Waals surface area contributed by atoms with Crippen molar-refractivity contribution in [1.29, 1.82) is 0 Å². The average Bonchev–Trinajstić information content (AvgIpc) is 2.69. The summed E-state index contributed by atoms with van der Waals surface area (Å²) < 4.78 is 0. The highest BCUT2D eigenvalue weighted by molar-refractivity contribution is 5.94. The molecule has 0 aliphatic carbocycles. The molecule has 4 unspecified atom stereocenters. The standard InChI is InChI=1S/C20H37N5O7/c1-11(2)10-15(25-17(28)13(22)7-8-16(26)27)19(30)24-14(6-4-5-9-21)18(29)23-12(3)20(31)32/h11-15H,4-10,21-22H2,1-3H3,(H,23,29)(H,24,30)(H,25,28)(H,26,27)(H,31,32). The number of nitrogens with two attached hydrogens (primary N) is 2. The van der Waals surface area contributed by atoms with E-state index in [9.17, 15) is 24.0 Å². The van der Waals surface area contributed by atoms with Crippen molar-refractivity contribution in [1.82, 2.24) is 16.0 Å². The number of rotatable bonds is 16. The number of aliphatic carboxylic acids is 2. The van der Waals surface area contributed by atoms with E-state index in [1.807, 2.05) is 13.8 Å². The van der Waals surface area contributed by atoms with Gasteiger partial charge in [0, 0.05) is 6.42 Å². The van der Waals surface area contributed by atoms with E-state index in [4.69, 9.17) is 21.7 Å². The van der Waals surface area contributed by atoms with Gasteiger partial charge in [-0.25, -0.2) is 0 Å². The van der Waals surface area contributed by atoms with Crippen molar-refractivity contribution in [3.05, 3.63) is 0 Å². The molecule has 0 bridgehead atoms. The second-order valence-electron chi connectivity index (χ2n) is 8.14. The minimum Gasteiger partial charge on any atom is -0.481 e. The topological polar surface area (TPSA) is 214 Å². The first-order valence-corrected chi connectivity index (χ1v) is 10.7. The first-order chi connectivity index (χ1) is 14.9. The van der Waals surface area contributed by atoms with Crippen molar-refractivity contribution in [2.45, 2.75) is 83.5 Å². The Morgan fingerprint density at radius 3 is 1.88 bits per heavy atom. The van der Waals surface area contributed by atoms with Gasteiger partial charge >= 0.3 is 11.9 Å². The van der Waals surface area contributed by atoms with E-state index in [1.165, 1.54) is 6.92 Å². The van der Waals surface area contributed by atoms with Crippen LogP contribution in [0.5, 0.6) is 0 Å². The van der Waals surface area contributed by atoms with Crippen LogP contribution < -0.4 is 27.4 Å². The number of amides is 3. The van der Waals surface area contributed by atoms with E-state index in [2.05, 4.69) is 16.0 Å². The SMILES string of the molecule is CC(C)CC(NC(=O)C(N)CCC(=O)O)C(=O)NC(CCCCN)C(=O)NC(C)C(=O)O. The number of hydrogen-bond donors (Lipinski definition) is 7. The lowest BCUT2D eigenvalue weighted by atomic mass is 10.0. The number of hydrogen-bond acceptors (Lipinski definition) is 7. The van der Waals surface area contributed by atoms with Crippen molar-refractivity contribution in [3.8, 4) is 0 Å². The Labute approximate surface area is 187 Å². The summed E-state index contributed by atoms with van der Waals surface area (Å²) in [6.07, 6.45) is 1.25. The normalized spacial score (nSPS) is 14.7. The third-order valence-corrected chi connectivity index (χ3v) is 4.66. The number of nitrogens with one attached hydrogen (secondary N) is 3. The van der Waals surface area contributed by atoms with Crippen molar-refractivity contribution >= 4 is 29.7 Å². The molecule has 0 aromatic carbocycles. The second kappa shape index (κ2) is 15.1. The molecule has 0 radical (unpaired) electrons. The molecule has 184 valence electrons. The van der Waals surface area contributed by atoms with Crippen LogP contribution in [0.2, 0.25) is 0 Å². The molecular formula is C20H37N5O7. The molecule has 0 aromatic heterocycles. The van der Waals surface area contributed by atoms with Crippen LogP contribution in [0.1, 0.15) is 59.3 Å². The molecule has 0 aromatic rings. The fourth-order valence-corrected chi connectivity index (χ4v) is 2.80. The molecule has 12 nitrogen and oxygen atoms in total. The number of carboxylic acid groups (broad SMARTS) is 2. The third kappa shape index (κ3) is 12.2. The number of carbonyl (C=O) groups is 5. The molecule has 0 saturated heterocycles. The van der Waals surface area contributed by atoms with Crippen LogP contribution in [0.25, 0.3) is 0 Å². The van der Waals surface area contributed by atoms with Crippen LogP contribution in [0, 0.1) is 5.92 Å². The van der Waals surface area contributed by atoms with Gasteiger partial charge in [0.15, 0.2) is 0 Å². The summed E-state index contributed by atoms with van der Waals surface area (Å²) >= 11 is 0. The smallest absolute Gasteiger partial charge is 0.325 e. The maximum Gasteiger partial charge on any atom is 0.325 e. The molecule has 9 N–H and O–H groups in total. The lowest BCUT2D eigenvalue weighted by molar-refractivity contribution is -0.142. The van der Waals surface area contributed by atoms with Crippen LogP contribution in [0.4, 0.5) is 0 Å². The van der Waals surface area contributed by atoms with E-state index in [-0.39, 0.29) is 31.6 Å². The minimum absolute atomic E-state index is 0.0119. The van der Waals surface area contributed by atoms with Gasteiger partial charge < -0.3 is 37.6 Å². The van der Waals surface area contributed by atoms with Gasteiger partial charge in [0.05, 0.1) is 6.04 Å². The Kier molecular flexibility index (Phi) is 13.8. The molecule has 0 spiro atoms. The highest BCUT2D eigenvalue weighted by Crippen LogP contribution is 2.08. The van der Waals surface area contributed by atoms with Gasteiger partial charge in [0.25, 0.3) is 0 Å².